The summed E-state index contributed by atoms with van der Waals surface area (Å²) in [5.74, 6) is 1.78. The summed E-state index contributed by atoms with van der Waals surface area (Å²) in [6, 6.07) is 24.0. The minimum atomic E-state index is -0.0757. The van der Waals surface area contributed by atoms with Crippen LogP contribution in [0.2, 0.25) is 0 Å². The average molecular weight is 473 g/mol. The van der Waals surface area contributed by atoms with Crippen LogP contribution in [0.3, 0.4) is 0 Å². The van der Waals surface area contributed by atoms with E-state index in [1.54, 1.807) is 0 Å². The second-order valence-electron chi connectivity index (χ2n) is 7.93. The summed E-state index contributed by atoms with van der Waals surface area (Å²) in [7, 11) is 0. The molecule has 0 aliphatic rings. The molecule has 34 heavy (non-hydrogen) atoms. The van der Waals surface area contributed by atoms with Crippen LogP contribution in [0, 0.1) is 13.8 Å². The number of para-hydroxylation sites is 1. The van der Waals surface area contributed by atoms with Gasteiger partial charge in [0.25, 0.3) is 0 Å². The molecule has 0 aliphatic heterocycles. The van der Waals surface area contributed by atoms with Crippen LogP contribution in [-0.4, -0.2) is 33.0 Å². The van der Waals surface area contributed by atoms with Crippen molar-refractivity contribution in [1.82, 2.24) is 14.8 Å². The lowest BCUT2D eigenvalue weighted by molar-refractivity contribution is -0.113. The van der Waals surface area contributed by atoms with Gasteiger partial charge in [-0.05, 0) is 61.7 Å². The quantitative estimate of drug-likeness (QED) is 0.321. The molecule has 0 unspecified atom stereocenters. The summed E-state index contributed by atoms with van der Waals surface area (Å²) in [4.78, 5) is 12.7. The average Bonchev–Trinajstić information content (AvgIpc) is 3.24. The summed E-state index contributed by atoms with van der Waals surface area (Å²) in [6.45, 7) is 6.56. The van der Waals surface area contributed by atoms with E-state index >= 15 is 0 Å². The number of amides is 1. The van der Waals surface area contributed by atoms with Crippen molar-refractivity contribution in [2.24, 2.45) is 0 Å². The molecule has 0 atom stereocenters. The third-order valence-corrected chi connectivity index (χ3v) is 6.32. The molecule has 0 saturated heterocycles. The zero-order valence-corrected chi connectivity index (χ0v) is 20.4. The number of nitrogens with zero attached hydrogens (tertiary/aromatic N) is 3. The number of hydrogen-bond donors (Lipinski definition) is 1. The summed E-state index contributed by atoms with van der Waals surface area (Å²) in [5.41, 5.74) is 5.02. The number of carbonyl (C=O) groups excluding carboxylic acids is 1. The standard InChI is InChI=1S/C27H28N4O2S/c1-4-33-23-15-13-22(14-16-23)31-24(17-21-11-6-5-7-12-21)29-30-27(31)34-18-25(32)28-26-19(2)9-8-10-20(26)3/h5-16H,4,17-18H2,1-3H3,(H,28,32). The van der Waals surface area contributed by atoms with E-state index in [9.17, 15) is 4.79 Å². The van der Waals surface area contributed by atoms with Gasteiger partial charge in [0.15, 0.2) is 5.16 Å². The number of aromatic nitrogens is 3. The molecule has 174 valence electrons. The van der Waals surface area contributed by atoms with E-state index in [0.29, 0.717) is 18.2 Å². The molecular formula is C27H28N4O2S. The van der Waals surface area contributed by atoms with Crippen LogP contribution in [0.15, 0.2) is 78.0 Å². The molecule has 1 aromatic heterocycles. The first kappa shape index (κ1) is 23.6. The van der Waals surface area contributed by atoms with Gasteiger partial charge in [-0.3, -0.25) is 9.36 Å². The van der Waals surface area contributed by atoms with E-state index in [2.05, 4.69) is 27.6 Å². The Morgan fingerprint density at radius 3 is 2.32 bits per heavy atom. The molecule has 6 nitrogen and oxygen atoms in total. The van der Waals surface area contributed by atoms with Crippen molar-refractivity contribution < 1.29 is 9.53 Å². The maximum absolute atomic E-state index is 12.7. The largest absolute Gasteiger partial charge is 0.494 e. The Hall–Kier alpha value is -3.58. The summed E-state index contributed by atoms with van der Waals surface area (Å²) < 4.78 is 7.60. The van der Waals surface area contributed by atoms with Crippen LogP contribution in [0.5, 0.6) is 5.75 Å². The zero-order valence-electron chi connectivity index (χ0n) is 19.6. The number of aryl methyl sites for hydroxylation is 2. The highest BCUT2D eigenvalue weighted by Crippen LogP contribution is 2.26. The van der Waals surface area contributed by atoms with E-state index in [4.69, 9.17) is 4.74 Å². The van der Waals surface area contributed by atoms with Gasteiger partial charge >= 0.3 is 0 Å². The number of benzene rings is 3. The van der Waals surface area contributed by atoms with Crippen LogP contribution < -0.4 is 10.1 Å². The van der Waals surface area contributed by atoms with Gasteiger partial charge in [0, 0.05) is 17.8 Å². The van der Waals surface area contributed by atoms with Crippen LogP contribution >= 0.6 is 11.8 Å². The van der Waals surface area contributed by atoms with E-state index < -0.39 is 0 Å². The third kappa shape index (κ3) is 5.66. The van der Waals surface area contributed by atoms with Crippen LogP contribution in [0.1, 0.15) is 29.4 Å². The normalized spacial score (nSPS) is 10.8. The lowest BCUT2D eigenvalue weighted by atomic mass is 10.1. The molecule has 0 bridgehead atoms. The van der Waals surface area contributed by atoms with Crippen LogP contribution in [0.25, 0.3) is 5.69 Å². The number of anilines is 1. The Labute approximate surface area is 204 Å². The number of ether oxygens (including phenoxy) is 1. The van der Waals surface area contributed by atoms with Gasteiger partial charge in [-0.25, -0.2) is 0 Å². The zero-order chi connectivity index (χ0) is 23.9. The fourth-order valence-electron chi connectivity index (χ4n) is 3.72. The molecule has 3 aromatic carbocycles. The molecule has 0 fully saturated rings. The highest BCUT2D eigenvalue weighted by atomic mass is 32.2. The van der Waals surface area contributed by atoms with Crippen molar-refractivity contribution in [2.45, 2.75) is 32.3 Å². The Balaban J connectivity index is 1.57. The second kappa shape index (κ2) is 11.0. The van der Waals surface area contributed by atoms with Crippen molar-refractivity contribution >= 4 is 23.4 Å². The van der Waals surface area contributed by atoms with Gasteiger partial charge in [0.05, 0.1) is 12.4 Å². The SMILES string of the molecule is CCOc1ccc(-n2c(Cc3ccccc3)nnc2SCC(=O)Nc2c(C)cccc2C)cc1. The Bertz CT molecular complexity index is 1230. The topological polar surface area (TPSA) is 69.0 Å². The predicted octanol–water partition coefficient (Wildman–Crippen LogP) is 5.60. The van der Waals surface area contributed by atoms with E-state index in [1.807, 2.05) is 86.0 Å². The molecule has 0 spiro atoms. The molecule has 1 N–H and O–H groups in total. The van der Waals surface area contributed by atoms with Gasteiger partial charge in [-0.1, -0.05) is 60.3 Å². The van der Waals surface area contributed by atoms with Crippen molar-refractivity contribution in [1.29, 1.82) is 0 Å². The Morgan fingerprint density at radius 1 is 0.941 bits per heavy atom. The maximum Gasteiger partial charge on any atom is 0.234 e. The molecule has 7 heteroatoms. The molecule has 1 heterocycles. The highest BCUT2D eigenvalue weighted by molar-refractivity contribution is 7.99. The summed E-state index contributed by atoms with van der Waals surface area (Å²) in [6.07, 6.45) is 0.635. The van der Waals surface area contributed by atoms with Crippen molar-refractivity contribution in [2.75, 3.05) is 17.7 Å². The molecule has 4 rings (SSSR count). The Morgan fingerprint density at radius 2 is 1.65 bits per heavy atom. The Kier molecular flexibility index (Phi) is 7.65. The lowest BCUT2D eigenvalue weighted by Crippen LogP contribution is -2.16. The van der Waals surface area contributed by atoms with Gasteiger partial charge in [0.1, 0.15) is 11.6 Å². The van der Waals surface area contributed by atoms with E-state index in [0.717, 1.165) is 39.6 Å². The summed E-state index contributed by atoms with van der Waals surface area (Å²) in [5, 5.41) is 12.6. The number of carbonyl (C=O) groups is 1. The van der Waals surface area contributed by atoms with Crippen molar-refractivity contribution in [3.05, 3.63) is 95.3 Å². The number of rotatable bonds is 9. The smallest absolute Gasteiger partial charge is 0.234 e. The predicted molar refractivity (Wildman–Crippen MR) is 137 cm³/mol. The van der Waals surface area contributed by atoms with Crippen molar-refractivity contribution in [3.63, 3.8) is 0 Å². The number of thioether (sulfide) groups is 1. The minimum absolute atomic E-state index is 0.0757. The molecule has 0 radical (unpaired) electrons. The molecular weight excluding hydrogens is 444 g/mol. The first-order valence-corrected chi connectivity index (χ1v) is 12.2. The molecule has 1 amide bonds. The first-order valence-electron chi connectivity index (χ1n) is 11.3. The van der Waals surface area contributed by atoms with E-state index in [1.165, 1.54) is 11.8 Å². The number of nitrogens with one attached hydrogen (secondary N) is 1. The molecule has 0 aliphatic carbocycles. The van der Waals surface area contributed by atoms with Crippen molar-refractivity contribution in [3.8, 4) is 11.4 Å². The number of hydrogen-bond acceptors (Lipinski definition) is 5. The monoisotopic (exact) mass is 472 g/mol. The fraction of sp³-hybridized carbons (Fsp3) is 0.222. The van der Waals surface area contributed by atoms with Gasteiger partial charge in [-0.2, -0.15) is 0 Å². The molecule has 0 saturated carbocycles. The van der Waals surface area contributed by atoms with Gasteiger partial charge < -0.3 is 10.1 Å². The third-order valence-electron chi connectivity index (χ3n) is 5.39. The maximum atomic E-state index is 12.7. The second-order valence-corrected chi connectivity index (χ2v) is 8.87. The van der Waals surface area contributed by atoms with Gasteiger partial charge in [0.2, 0.25) is 5.91 Å². The van der Waals surface area contributed by atoms with Gasteiger partial charge in [-0.15, -0.1) is 10.2 Å². The first-order chi connectivity index (χ1) is 16.5. The highest BCUT2D eigenvalue weighted by Gasteiger charge is 2.17. The lowest BCUT2D eigenvalue weighted by Gasteiger charge is -2.13. The minimum Gasteiger partial charge on any atom is -0.494 e. The van der Waals surface area contributed by atoms with Crippen LogP contribution in [-0.2, 0) is 11.2 Å². The summed E-state index contributed by atoms with van der Waals surface area (Å²) >= 11 is 1.37. The van der Waals surface area contributed by atoms with Crippen LogP contribution in [0.4, 0.5) is 5.69 Å². The van der Waals surface area contributed by atoms with E-state index in [-0.39, 0.29) is 11.7 Å². The molecule has 4 aromatic rings. The fourth-order valence-corrected chi connectivity index (χ4v) is 4.49.